The summed E-state index contributed by atoms with van der Waals surface area (Å²) in [4.78, 5) is 0. The fourth-order valence-corrected chi connectivity index (χ4v) is 3.19. The minimum absolute atomic E-state index is 0.577. The Morgan fingerprint density at radius 3 is 2.64 bits per heavy atom. The van der Waals surface area contributed by atoms with Crippen molar-refractivity contribution in [3.63, 3.8) is 0 Å². The zero-order chi connectivity index (χ0) is 18.1. The Hall–Kier alpha value is -1.60. The molecule has 0 spiro atoms. The molecule has 0 bridgehead atoms. The van der Waals surface area contributed by atoms with Crippen molar-refractivity contribution in [3.05, 3.63) is 41.7 Å². The van der Waals surface area contributed by atoms with E-state index in [9.17, 15) is 0 Å². The second-order valence-corrected chi connectivity index (χ2v) is 7.49. The largest absolute Gasteiger partial charge is 0.363 e. The molecule has 0 atom stereocenters. The first kappa shape index (κ1) is 19.7. The molecule has 5 nitrogen and oxygen atoms in total. The molecule has 1 aromatic carbocycles. The molecule has 0 saturated heterocycles. The zero-order valence-electron chi connectivity index (χ0n) is 15.2. The first-order valence-corrected chi connectivity index (χ1v) is 10.2. The highest BCUT2D eigenvalue weighted by atomic mass is 32.2. The lowest BCUT2D eigenvalue weighted by Crippen LogP contribution is -2.35. The van der Waals surface area contributed by atoms with Gasteiger partial charge < -0.3 is 15.2 Å². The summed E-state index contributed by atoms with van der Waals surface area (Å²) >= 11 is 6.98. The van der Waals surface area contributed by atoms with Crippen molar-refractivity contribution in [1.29, 1.82) is 0 Å². The van der Waals surface area contributed by atoms with Crippen molar-refractivity contribution in [2.75, 3.05) is 12.8 Å². The van der Waals surface area contributed by atoms with Gasteiger partial charge in [-0.25, -0.2) is 0 Å². The smallest absolute Gasteiger partial charge is 0.190 e. The van der Waals surface area contributed by atoms with Gasteiger partial charge in [-0.2, -0.15) is 0 Å². The molecule has 0 aliphatic rings. The fraction of sp³-hybridized carbons (Fsp3) is 0.500. The van der Waals surface area contributed by atoms with Gasteiger partial charge in [-0.15, -0.1) is 10.2 Å². The SMILES string of the molecule is CSc1nnc(CCCNC(=S)NCc2ccccc2)n1CC(C)C. The molecular formula is C18H27N5S2. The minimum atomic E-state index is 0.577. The second-order valence-electron chi connectivity index (χ2n) is 6.31. The molecule has 0 aliphatic heterocycles. The van der Waals surface area contributed by atoms with Crippen LogP contribution in [0.25, 0.3) is 0 Å². The molecule has 0 aliphatic carbocycles. The summed E-state index contributed by atoms with van der Waals surface area (Å²) in [6, 6.07) is 10.2. The highest BCUT2D eigenvalue weighted by Gasteiger charge is 2.12. The van der Waals surface area contributed by atoms with E-state index in [0.29, 0.717) is 11.0 Å². The number of aryl methyl sites for hydroxylation is 1. The predicted molar refractivity (Wildman–Crippen MR) is 109 cm³/mol. The second kappa shape index (κ2) is 10.4. The van der Waals surface area contributed by atoms with Crippen LogP contribution in [0.4, 0.5) is 0 Å². The summed E-state index contributed by atoms with van der Waals surface area (Å²) in [5.74, 6) is 1.64. The standard InChI is InChI=1S/C18H27N5S2/c1-14(2)13-23-16(21-22-18(23)25-3)10-7-11-19-17(24)20-12-15-8-5-4-6-9-15/h4-6,8-9,14H,7,10-13H2,1-3H3,(H2,19,20,24). The average Bonchev–Trinajstić information content (AvgIpc) is 2.99. The summed E-state index contributed by atoms with van der Waals surface area (Å²) in [5.41, 5.74) is 1.22. The van der Waals surface area contributed by atoms with Gasteiger partial charge in [-0.05, 0) is 36.4 Å². The van der Waals surface area contributed by atoms with Gasteiger partial charge in [0.1, 0.15) is 5.82 Å². The molecule has 25 heavy (non-hydrogen) atoms. The van der Waals surface area contributed by atoms with E-state index >= 15 is 0 Å². The number of thiocarbonyl (C=S) groups is 1. The van der Waals surface area contributed by atoms with Crippen molar-refractivity contribution >= 4 is 29.1 Å². The van der Waals surface area contributed by atoms with Crippen LogP contribution in [-0.4, -0.2) is 32.7 Å². The zero-order valence-corrected chi connectivity index (χ0v) is 16.8. The van der Waals surface area contributed by atoms with E-state index in [1.807, 2.05) is 24.5 Å². The fourth-order valence-electron chi connectivity index (χ4n) is 2.49. The number of nitrogens with one attached hydrogen (secondary N) is 2. The van der Waals surface area contributed by atoms with Crippen molar-refractivity contribution in [3.8, 4) is 0 Å². The summed E-state index contributed by atoms with van der Waals surface area (Å²) in [6.07, 6.45) is 3.91. The van der Waals surface area contributed by atoms with Gasteiger partial charge >= 0.3 is 0 Å². The summed E-state index contributed by atoms with van der Waals surface area (Å²) in [5, 5.41) is 16.8. The Bertz CT molecular complexity index is 655. The van der Waals surface area contributed by atoms with E-state index in [2.05, 4.69) is 51.4 Å². The Kier molecular flexibility index (Phi) is 8.21. The van der Waals surface area contributed by atoms with Crippen LogP contribution in [0.15, 0.2) is 35.5 Å². The molecule has 1 heterocycles. The Morgan fingerprint density at radius 1 is 1.20 bits per heavy atom. The minimum Gasteiger partial charge on any atom is -0.363 e. The van der Waals surface area contributed by atoms with Gasteiger partial charge in [0.2, 0.25) is 0 Å². The number of thioether (sulfide) groups is 1. The Balaban J connectivity index is 1.72. The lowest BCUT2D eigenvalue weighted by atomic mass is 10.2. The van der Waals surface area contributed by atoms with Crippen molar-refractivity contribution in [1.82, 2.24) is 25.4 Å². The molecule has 136 valence electrons. The predicted octanol–water partition coefficient (Wildman–Crippen LogP) is 3.25. The molecule has 0 amide bonds. The van der Waals surface area contributed by atoms with E-state index in [4.69, 9.17) is 12.2 Å². The molecular weight excluding hydrogens is 350 g/mol. The molecule has 7 heteroatoms. The molecule has 0 saturated carbocycles. The van der Waals surface area contributed by atoms with E-state index in [1.165, 1.54) is 5.56 Å². The third-order valence-electron chi connectivity index (χ3n) is 3.68. The number of benzene rings is 1. The highest BCUT2D eigenvalue weighted by molar-refractivity contribution is 7.98. The Morgan fingerprint density at radius 2 is 1.96 bits per heavy atom. The number of aromatic nitrogens is 3. The van der Waals surface area contributed by atoms with Gasteiger partial charge in [-0.3, -0.25) is 0 Å². The maximum absolute atomic E-state index is 5.33. The molecule has 0 radical (unpaired) electrons. The van der Waals surface area contributed by atoms with Crippen molar-refractivity contribution in [2.45, 2.75) is 44.9 Å². The quantitative estimate of drug-likeness (QED) is 0.397. The van der Waals surface area contributed by atoms with Crippen LogP contribution in [0, 0.1) is 5.92 Å². The summed E-state index contributed by atoms with van der Waals surface area (Å²) in [6.45, 7) is 6.96. The maximum atomic E-state index is 5.33. The first-order valence-electron chi connectivity index (χ1n) is 8.61. The van der Waals surface area contributed by atoms with Gasteiger partial charge in [0.25, 0.3) is 0 Å². The number of hydrogen-bond donors (Lipinski definition) is 2. The Labute approximate surface area is 160 Å². The topological polar surface area (TPSA) is 54.8 Å². The van der Waals surface area contributed by atoms with Gasteiger partial charge in [-0.1, -0.05) is 55.9 Å². The van der Waals surface area contributed by atoms with Crippen LogP contribution in [0.5, 0.6) is 0 Å². The van der Waals surface area contributed by atoms with Crippen molar-refractivity contribution in [2.24, 2.45) is 5.92 Å². The summed E-state index contributed by atoms with van der Waals surface area (Å²) in [7, 11) is 0. The van der Waals surface area contributed by atoms with E-state index < -0.39 is 0 Å². The van der Waals surface area contributed by atoms with Gasteiger partial charge in [0.05, 0.1) is 0 Å². The average molecular weight is 378 g/mol. The maximum Gasteiger partial charge on any atom is 0.190 e. The van der Waals surface area contributed by atoms with Crippen LogP contribution in [0.1, 0.15) is 31.7 Å². The van der Waals surface area contributed by atoms with Gasteiger partial charge in [0.15, 0.2) is 10.3 Å². The van der Waals surface area contributed by atoms with Crippen LogP contribution in [-0.2, 0) is 19.5 Å². The van der Waals surface area contributed by atoms with Crippen LogP contribution >= 0.6 is 24.0 Å². The van der Waals surface area contributed by atoms with Gasteiger partial charge in [0, 0.05) is 26.1 Å². The van der Waals surface area contributed by atoms with Crippen molar-refractivity contribution < 1.29 is 0 Å². The van der Waals surface area contributed by atoms with Crippen LogP contribution in [0.2, 0.25) is 0 Å². The third-order valence-corrected chi connectivity index (χ3v) is 4.64. The highest BCUT2D eigenvalue weighted by Crippen LogP contribution is 2.16. The normalized spacial score (nSPS) is 10.9. The van der Waals surface area contributed by atoms with Crippen LogP contribution in [0.3, 0.4) is 0 Å². The van der Waals surface area contributed by atoms with E-state index in [1.54, 1.807) is 11.8 Å². The monoisotopic (exact) mass is 377 g/mol. The molecule has 1 aromatic heterocycles. The first-order chi connectivity index (χ1) is 12.1. The summed E-state index contributed by atoms with van der Waals surface area (Å²) < 4.78 is 2.24. The number of nitrogens with zero attached hydrogens (tertiary/aromatic N) is 3. The lowest BCUT2D eigenvalue weighted by Gasteiger charge is -2.12. The lowest BCUT2D eigenvalue weighted by molar-refractivity contribution is 0.477. The third kappa shape index (κ3) is 6.66. The molecule has 0 unspecified atom stereocenters. The molecule has 2 aromatic rings. The molecule has 2 N–H and O–H groups in total. The molecule has 2 rings (SSSR count). The number of rotatable bonds is 9. The van der Waals surface area contributed by atoms with Crippen LogP contribution < -0.4 is 10.6 Å². The number of hydrogen-bond acceptors (Lipinski definition) is 4. The molecule has 0 fully saturated rings. The van der Waals surface area contributed by atoms with E-state index in [-0.39, 0.29) is 0 Å². The van der Waals surface area contributed by atoms with E-state index in [0.717, 1.165) is 43.5 Å².